The van der Waals surface area contributed by atoms with Crippen LogP contribution in [0.3, 0.4) is 0 Å². The molecule has 0 heterocycles. The minimum Gasteiger partial charge on any atom is -0.294 e. The lowest BCUT2D eigenvalue weighted by Gasteiger charge is -1.98. The lowest BCUT2D eigenvalue weighted by Crippen LogP contribution is -1.85. The standard InChI is InChI=1S/C11H13NS.2C2H6/c1-2-6-11(12)13-9-10-7-4-3-5-8-10;2*1-2/h2-8,12H,9H2,1H3;2*1-2H3/b6-2-,12-11?;;. The minimum absolute atomic E-state index is 0.617. The number of thioether (sulfide) groups is 1. The largest absolute Gasteiger partial charge is 0.294 e. The van der Waals surface area contributed by atoms with Gasteiger partial charge in [-0.05, 0) is 18.6 Å². The molecule has 1 aromatic carbocycles. The lowest BCUT2D eigenvalue weighted by molar-refractivity contribution is 1.42. The second-order valence-corrected chi connectivity index (χ2v) is 3.66. The molecule has 96 valence electrons. The molecule has 0 radical (unpaired) electrons. The van der Waals surface area contributed by atoms with Gasteiger partial charge in [0.1, 0.15) is 0 Å². The SMILES string of the molecule is C/C=C\C(=N)SCc1ccccc1.CC.CC. The summed E-state index contributed by atoms with van der Waals surface area (Å²) in [6.07, 6.45) is 3.70. The monoisotopic (exact) mass is 251 g/mol. The zero-order valence-electron chi connectivity index (χ0n) is 11.7. The van der Waals surface area contributed by atoms with Gasteiger partial charge in [-0.2, -0.15) is 0 Å². The maximum Gasteiger partial charge on any atom is 0.0869 e. The Bertz CT molecular complexity index is 291. The maximum atomic E-state index is 7.51. The van der Waals surface area contributed by atoms with E-state index >= 15 is 0 Å². The van der Waals surface area contributed by atoms with Gasteiger partial charge in [-0.1, -0.05) is 64.1 Å². The van der Waals surface area contributed by atoms with Crippen LogP contribution in [0.5, 0.6) is 0 Å². The fourth-order valence-electron chi connectivity index (χ4n) is 0.935. The number of hydrogen-bond acceptors (Lipinski definition) is 2. The first-order valence-electron chi connectivity index (χ1n) is 6.21. The van der Waals surface area contributed by atoms with Crippen molar-refractivity contribution < 1.29 is 0 Å². The van der Waals surface area contributed by atoms with Gasteiger partial charge in [-0.3, -0.25) is 5.41 Å². The van der Waals surface area contributed by atoms with Crippen molar-refractivity contribution >= 4 is 16.8 Å². The Morgan fingerprint density at radius 2 is 1.65 bits per heavy atom. The first-order valence-corrected chi connectivity index (χ1v) is 7.19. The summed E-state index contributed by atoms with van der Waals surface area (Å²) in [6.45, 7) is 9.93. The van der Waals surface area contributed by atoms with Crippen molar-refractivity contribution in [2.75, 3.05) is 0 Å². The average molecular weight is 251 g/mol. The summed E-state index contributed by atoms with van der Waals surface area (Å²) in [5.74, 6) is 0.879. The van der Waals surface area contributed by atoms with Crippen molar-refractivity contribution in [1.82, 2.24) is 0 Å². The van der Waals surface area contributed by atoms with Gasteiger partial charge in [-0.15, -0.1) is 11.8 Å². The van der Waals surface area contributed by atoms with Crippen molar-refractivity contribution in [1.29, 1.82) is 5.41 Å². The maximum absolute atomic E-state index is 7.51. The normalized spacial score (nSPS) is 8.76. The highest BCUT2D eigenvalue weighted by Crippen LogP contribution is 2.12. The molecule has 1 nitrogen and oxygen atoms in total. The quantitative estimate of drug-likeness (QED) is 0.554. The van der Waals surface area contributed by atoms with Crippen LogP contribution in [-0.4, -0.2) is 5.04 Å². The van der Waals surface area contributed by atoms with Gasteiger partial charge in [0.2, 0.25) is 0 Å². The first-order chi connectivity index (χ1) is 8.33. The van der Waals surface area contributed by atoms with E-state index in [9.17, 15) is 0 Å². The van der Waals surface area contributed by atoms with Crippen LogP contribution in [0, 0.1) is 5.41 Å². The molecule has 0 saturated heterocycles. The molecule has 0 fully saturated rings. The molecule has 0 aliphatic rings. The molecular weight excluding hydrogens is 226 g/mol. The second kappa shape index (κ2) is 15.0. The fraction of sp³-hybridized carbons (Fsp3) is 0.400. The molecule has 1 N–H and O–H groups in total. The fourth-order valence-corrected chi connectivity index (χ4v) is 1.68. The molecule has 0 aliphatic carbocycles. The van der Waals surface area contributed by atoms with Crippen molar-refractivity contribution in [3.8, 4) is 0 Å². The zero-order chi connectivity index (χ0) is 13.5. The average Bonchev–Trinajstić information content (AvgIpc) is 2.43. The summed E-state index contributed by atoms with van der Waals surface area (Å²) in [5.41, 5.74) is 1.27. The third-order valence-corrected chi connectivity index (χ3v) is 2.48. The molecule has 1 aromatic rings. The topological polar surface area (TPSA) is 23.9 Å². The molecule has 1 rings (SSSR count). The molecule has 0 aliphatic heterocycles. The van der Waals surface area contributed by atoms with Crippen LogP contribution in [0.4, 0.5) is 0 Å². The minimum atomic E-state index is 0.617. The Balaban J connectivity index is 0. The van der Waals surface area contributed by atoms with Crippen molar-refractivity contribution in [2.24, 2.45) is 0 Å². The molecule has 0 atom stereocenters. The molecule has 0 amide bonds. The summed E-state index contributed by atoms with van der Waals surface area (Å²) >= 11 is 1.55. The molecule has 2 heteroatoms. The van der Waals surface area contributed by atoms with Crippen LogP contribution in [0.2, 0.25) is 0 Å². The van der Waals surface area contributed by atoms with Crippen LogP contribution in [0.25, 0.3) is 0 Å². The Kier molecular flexibility index (Phi) is 16.2. The molecule has 0 spiro atoms. The van der Waals surface area contributed by atoms with Gasteiger partial charge in [0, 0.05) is 5.75 Å². The smallest absolute Gasteiger partial charge is 0.0869 e. The zero-order valence-corrected chi connectivity index (χ0v) is 12.5. The van der Waals surface area contributed by atoms with Gasteiger partial charge < -0.3 is 0 Å². The third kappa shape index (κ3) is 11.2. The number of nitrogens with one attached hydrogen (secondary N) is 1. The van der Waals surface area contributed by atoms with E-state index in [0.717, 1.165) is 5.75 Å². The summed E-state index contributed by atoms with van der Waals surface area (Å²) in [4.78, 5) is 0. The molecule has 0 saturated carbocycles. The summed E-state index contributed by atoms with van der Waals surface area (Å²) in [5, 5.41) is 8.13. The van der Waals surface area contributed by atoms with E-state index in [-0.39, 0.29) is 0 Å². The predicted octanol–water partition coefficient (Wildman–Crippen LogP) is 5.53. The Hall–Kier alpha value is -1.02. The predicted molar refractivity (Wildman–Crippen MR) is 83.0 cm³/mol. The summed E-state index contributed by atoms with van der Waals surface area (Å²) < 4.78 is 0. The van der Waals surface area contributed by atoms with E-state index in [1.54, 1.807) is 11.8 Å². The molecule has 0 bridgehead atoms. The number of benzene rings is 1. The van der Waals surface area contributed by atoms with E-state index in [1.165, 1.54) is 5.56 Å². The van der Waals surface area contributed by atoms with Gasteiger partial charge in [0.25, 0.3) is 0 Å². The van der Waals surface area contributed by atoms with Gasteiger partial charge in [0.15, 0.2) is 0 Å². The highest BCUT2D eigenvalue weighted by molar-refractivity contribution is 8.13. The van der Waals surface area contributed by atoms with E-state index in [4.69, 9.17) is 5.41 Å². The van der Waals surface area contributed by atoms with E-state index < -0.39 is 0 Å². The highest BCUT2D eigenvalue weighted by atomic mass is 32.2. The summed E-state index contributed by atoms with van der Waals surface area (Å²) in [6, 6.07) is 10.2. The van der Waals surface area contributed by atoms with Crippen LogP contribution < -0.4 is 0 Å². The lowest BCUT2D eigenvalue weighted by atomic mass is 10.2. The summed E-state index contributed by atoms with van der Waals surface area (Å²) in [7, 11) is 0. The van der Waals surface area contributed by atoms with Crippen LogP contribution in [0.15, 0.2) is 42.5 Å². The molecular formula is C15H25NS. The van der Waals surface area contributed by atoms with Gasteiger partial charge in [-0.25, -0.2) is 0 Å². The Morgan fingerprint density at radius 1 is 1.12 bits per heavy atom. The van der Waals surface area contributed by atoms with Crippen LogP contribution >= 0.6 is 11.8 Å². The van der Waals surface area contributed by atoms with E-state index in [2.05, 4.69) is 12.1 Å². The second-order valence-electron chi connectivity index (χ2n) is 2.64. The first kappa shape index (κ1) is 18.3. The van der Waals surface area contributed by atoms with Crippen molar-refractivity contribution in [3.63, 3.8) is 0 Å². The van der Waals surface area contributed by atoms with Crippen molar-refractivity contribution in [3.05, 3.63) is 48.0 Å². The molecule has 17 heavy (non-hydrogen) atoms. The van der Waals surface area contributed by atoms with Crippen LogP contribution in [0.1, 0.15) is 40.2 Å². The van der Waals surface area contributed by atoms with Crippen LogP contribution in [-0.2, 0) is 5.75 Å². The van der Waals surface area contributed by atoms with Gasteiger partial charge >= 0.3 is 0 Å². The Morgan fingerprint density at radius 3 is 2.12 bits per heavy atom. The van der Waals surface area contributed by atoms with E-state index in [0.29, 0.717) is 5.04 Å². The van der Waals surface area contributed by atoms with Gasteiger partial charge in [0.05, 0.1) is 5.04 Å². The third-order valence-electron chi connectivity index (χ3n) is 1.56. The number of allylic oxidation sites excluding steroid dienone is 1. The Labute approximate surface area is 111 Å². The van der Waals surface area contributed by atoms with E-state index in [1.807, 2.05) is 65.0 Å². The molecule has 0 unspecified atom stereocenters. The van der Waals surface area contributed by atoms with Crippen molar-refractivity contribution in [2.45, 2.75) is 40.4 Å². The highest BCUT2D eigenvalue weighted by Gasteiger charge is 1.94. The number of rotatable bonds is 3. The number of hydrogen-bond donors (Lipinski definition) is 1. The molecule has 0 aromatic heterocycles.